The van der Waals surface area contributed by atoms with Gasteiger partial charge in [0.15, 0.2) is 17.3 Å². The van der Waals surface area contributed by atoms with Crippen molar-refractivity contribution in [3.05, 3.63) is 72.5 Å². The molecule has 0 bridgehead atoms. The molecule has 5 heteroatoms. The molecule has 124 valence electrons. The summed E-state index contributed by atoms with van der Waals surface area (Å²) >= 11 is 0. The van der Waals surface area contributed by atoms with E-state index in [1.807, 2.05) is 42.3 Å². The Kier molecular flexibility index (Phi) is 5.23. The fourth-order valence-electron chi connectivity index (χ4n) is 2.30. The number of ether oxygens (including phenoxy) is 1. The summed E-state index contributed by atoms with van der Waals surface area (Å²) < 4.78 is 24.7. The Morgan fingerprint density at radius 1 is 1.08 bits per heavy atom. The van der Waals surface area contributed by atoms with Gasteiger partial charge >= 0.3 is 0 Å². The normalized spacial score (nSPS) is 11.0. The van der Waals surface area contributed by atoms with E-state index in [1.54, 1.807) is 24.4 Å². The Bertz CT molecular complexity index is 774. The van der Waals surface area contributed by atoms with Crippen LogP contribution in [0.2, 0.25) is 0 Å². The van der Waals surface area contributed by atoms with Crippen LogP contribution in [0.15, 0.2) is 65.2 Å². The summed E-state index contributed by atoms with van der Waals surface area (Å²) in [6, 6.07) is 16.2. The molecule has 1 aromatic heterocycles. The first-order valence-electron chi connectivity index (χ1n) is 7.78. The second-order valence-corrected chi connectivity index (χ2v) is 5.50. The van der Waals surface area contributed by atoms with Crippen molar-refractivity contribution in [2.24, 2.45) is 0 Å². The first-order valence-corrected chi connectivity index (χ1v) is 7.78. The Morgan fingerprint density at radius 3 is 2.62 bits per heavy atom. The molecule has 24 heavy (non-hydrogen) atoms. The van der Waals surface area contributed by atoms with Crippen LogP contribution in [0.5, 0.6) is 5.75 Å². The van der Waals surface area contributed by atoms with Crippen LogP contribution in [-0.2, 0) is 6.54 Å². The molecule has 0 atom stereocenters. The highest BCUT2D eigenvalue weighted by atomic mass is 19.1. The summed E-state index contributed by atoms with van der Waals surface area (Å²) in [4.78, 5) is 6.32. The van der Waals surface area contributed by atoms with Crippen molar-refractivity contribution < 1.29 is 13.5 Å². The molecule has 0 aliphatic heterocycles. The second kappa shape index (κ2) is 7.75. The number of oxazole rings is 1. The van der Waals surface area contributed by atoms with Crippen LogP contribution in [0.4, 0.5) is 4.39 Å². The third kappa shape index (κ3) is 4.20. The van der Waals surface area contributed by atoms with Gasteiger partial charge in [-0.3, -0.25) is 4.90 Å². The predicted molar refractivity (Wildman–Crippen MR) is 90.2 cm³/mol. The lowest BCUT2D eigenvalue weighted by atomic mass is 10.2. The number of benzene rings is 2. The first kappa shape index (κ1) is 16.2. The molecule has 0 N–H and O–H groups in total. The van der Waals surface area contributed by atoms with Gasteiger partial charge in [-0.2, -0.15) is 0 Å². The number of para-hydroxylation sites is 1. The maximum atomic E-state index is 13.5. The number of halogens is 1. The standard InChI is InChI=1S/C19H19FN2O2/c1-22(11-12-23-17-10-6-5-9-16(17)20)14-19-21-13-18(24-19)15-7-3-2-4-8-15/h2-10,13H,11-12,14H2,1H3. The van der Waals surface area contributed by atoms with Crippen LogP contribution >= 0.6 is 0 Å². The summed E-state index contributed by atoms with van der Waals surface area (Å²) in [6.07, 6.45) is 1.73. The highest BCUT2D eigenvalue weighted by Crippen LogP contribution is 2.20. The summed E-state index contributed by atoms with van der Waals surface area (Å²) in [6.45, 7) is 1.59. The lowest BCUT2D eigenvalue weighted by molar-refractivity contribution is 0.215. The third-order valence-corrected chi connectivity index (χ3v) is 3.58. The monoisotopic (exact) mass is 326 g/mol. The lowest BCUT2D eigenvalue weighted by Gasteiger charge is -2.15. The molecule has 1 heterocycles. The van der Waals surface area contributed by atoms with Crippen molar-refractivity contribution in [2.75, 3.05) is 20.2 Å². The molecular weight excluding hydrogens is 307 g/mol. The van der Waals surface area contributed by atoms with Gasteiger partial charge in [0.05, 0.1) is 12.7 Å². The molecule has 3 rings (SSSR count). The van der Waals surface area contributed by atoms with Crippen molar-refractivity contribution in [3.63, 3.8) is 0 Å². The fourth-order valence-corrected chi connectivity index (χ4v) is 2.30. The molecule has 0 aliphatic carbocycles. The van der Waals surface area contributed by atoms with Gasteiger partial charge in [-0.1, -0.05) is 42.5 Å². The lowest BCUT2D eigenvalue weighted by Crippen LogP contribution is -2.24. The van der Waals surface area contributed by atoms with Gasteiger partial charge in [0.25, 0.3) is 0 Å². The molecule has 0 saturated carbocycles. The van der Waals surface area contributed by atoms with Crippen LogP contribution in [0.3, 0.4) is 0 Å². The number of rotatable bonds is 7. The third-order valence-electron chi connectivity index (χ3n) is 3.58. The number of nitrogens with zero attached hydrogens (tertiary/aromatic N) is 2. The highest BCUT2D eigenvalue weighted by molar-refractivity contribution is 5.55. The largest absolute Gasteiger partial charge is 0.489 e. The van der Waals surface area contributed by atoms with E-state index in [1.165, 1.54) is 6.07 Å². The zero-order valence-corrected chi connectivity index (χ0v) is 13.5. The van der Waals surface area contributed by atoms with Gasteiger partial charge in [-0.15, -0.1) is 0 Å². The average Bonchev–Trinajstić information content (AvgIpc) is 3.06. The molecule has 0 spiro atoms. The molecule has 0 amide bonds. The predicted octanol–water partition coefficient (Wildman–Crippen LogP) is 3.99. The van der Waals surface area contributed by atoms with E-state index in [0.717, 1.165) is 11.3 Å². The summed E-state index contributed by atoms with van der Waals surface area (Å²) in [5.41, 5.74) is 1.00. The van der Waals surface area contributed by atoms with Gasteiger partial charge in [0.2, 0.25) is 5.89 Å². The molecule has 0 radical (unpaired) electrons. The molecular formula is C19H19FN2O2. The number of hydrogen-bond acceptors (Lipinski definition) is 4. The smallest absolute Gasteiger partial charge is 0.209 e. The van der Waals surface area contributed by atoms with Crippen molar-refractivity contribution >= 4 is 0 Å². The van der Waals surface area contributed by atoms with Gasteiger partial charge in [-0.05, 0) is 19.2 Å². The van der Waals surface area contributed by atoms with Crippen LogP contribution in [-0.4, -0.2) is 30.1 Å². The molecule has 0 fully saturated rings. The van der Waals surface area contributed by atoms with Gasteiger partial charge < -0.3 is 9.15 Å². The summed E-state index contributed by atoms with van der Waals surface area (Å²) in [5.74, 6) is 1.32. The molecule has 4 nitrogen and oxygen atoms in total. The second-order valence-electron chi connectivity index (χ2n) is 5.50. The Morgan fingerprint density at radius 2 is 1.83 bits per heavy atom. The first-order chi connectivity index (χ1) is 11.7. The Hall–Kier alpha value is -2.66. The molecule has 0 unspecified atom stereocenters. The molecule has 2 aromatic carbocycles. The van der Waals surface area contributed by atoms with Crippen LogP contribution in [0.25, 0.3) is 11.3 Å². The van der Waals surface area contributed by atoms with Gasteiger partial charge in [-0.25, -0.2) is 9.37 Å². The minimum Gasteiger partial charge on any atom is -0.489 e. The van der Waals surface area contributed by atoms with Crippen LogP contribution in [0, 0.1) is 5.82 Å². The van der Waals surface area contributed by atoms with Crippen LogP contribution < -0.4 is 4.74 Å². The van der Waals surface area contributed by atoms with E-state index in [4.69, 9.17) is 9.15 Å². The van der Waals surface area contributed by atoms with Crippen LogP contribution in [0.1, 0.15) is 5.89 Å². The minimum absolute atomic E-state index is 0.272. The zero-order valence-electron chi connectivity index (χ0n) is 13.5. The Balaban J connectivity index is 1.50. The zero-order chi connectivity index (χ0) is 16.8. The van der Waals surface area contributed by atoms with E-state index < -0.39 is 0 Å². The SMILES string of the molecule is CN(CCOc1ccccc1F)Cc1ncc(-c2ccccc2)o1. The van der Waals surface area contributed by atoms with E-state index in [0.29, 0.717) is 25.6 Å². The van der Waals surface area contributed by atoms with E-state index in [-0.39, 0.29) is 11.6 Å². The summed E-state index contributed by atoms with van der Waals surface area (Å²) in [7, 11) is 1.94. The topological polar surface area (TPSA) is 38.5 Å². The van der Waals surface area contributed by atoms with Gasteiger partial charge in [0.1, 0.15) is 6.61 Å². The minimum atomic E-state index is -0.347. The van der Waals surface area contributed by atoms with Crippen molar-refractivity contribution in [1.29, 1.82) is 0 Å². The van der Waals surface area contributed by atoms with Crippen molar-refractivity contribution in [3.8, 4) is 17.1 Å². The summed E-state index contributed by atoms with van der Waals surface area (Å²) in [5, 5.41) is 0. The van der Waals surface area contributed by atoms with Crippen molar-refractivity contribution in [1.82, 2.24) is 9.88 Å². The van der Waals surface area contributed by atoms with E-state index >= 15 is 0 Å². The van der Waals surface area contributed by atoms with Crippen molar-refractivity contribution in [2.45, 2.75) is 6.54 Å². The van der Waals surface area contributed by atoms with Gasteiger partial charge in [0, 0.05) is 12.1 Å². The fraction of sp³-hybridized carbons (Fsp3) is 0.211. The Labute approximate surface area is 140 Å². The number of likely N-dealkylation sites (N-methyl/N-ethyl adjacent to an activating group) is 1. The molecule has 0 aliphatic rings. The maximum absolute atomic E-state index is 13.5. The maximum Gasteiger partial charge on any atom is 0.209 e. The highest BCUT2D eigenvalue weighted by Gasteiger charge is 2.09. The number of hydrogen-bond donors (Lipinski definition) is 0. The quantitative estimate of drug-likeness (QED) is 0.658. The van der Waals surface area contributed by atoms with E-state index in [2.05, 4.69) is 4.98 Å². The number of aromatic nitrogens is 1. The average molecular weight is 326 g/mol. The molecule has 0 saturated heterocycles. The van der Waals surface area contributed by atoms with E-state index in [9.17, 15) is 4.39 Å². The molecule has 3 aromatic rings.